The van der Waals surface area contributed by atoms with Crippen molar-refractivity contribution >= 4 is 34.7 Å². The monoisotopic (exact) mass is 391 g/mol. The Morgan fingerprint density at radius 1 is 1.03 bits per heavy atom. The molecule has 2 aliphatic heterocycles. The fourth-order valence-corrected chi connectivity index (χ4v) is 4.36. The van der Waals surface area contributed by atoms with Gasteiger partial charge in [-0.1, -0.05) is 30.3 Å². The van der Waals surface area contributed by atoms with Gasteiger partial charge < -0.3 is 19.3 Å². The molecule has 5 rings (SSSR count). The van der Waals surface area contributed by atoms with Crippen molar-refractivity contribution in [3.63, 3.8) is 0 Å². The lowest BCUT2D eigenvalue weighted by Gasteiger charge is -2.32. The highest BCUT2D eigenvalue weighted by atomic mass is 16.4. The van der Waals surface area contributed by atoms with Gasteiger partial charge in [0.25, 0.3) is 6.01 Å². The van der Waals surface area contributed by atoms with Gasteiger partial charge in [0, 0.05) is 31.2 Å². The second kappa shape index (κ2) is 6.92. The van der Waals surface area contributed by atoms with E-state index in [0.29, 0.717) is 31.9 Å². The number of fused-ring (bicyclic) bond motifs is 2. The Kier molecular flexibility index (Phi) is 4.23. The molecule has 1 unspecified atom stereocenters. The molecule has 0 aliphatic carbocycles. The lowest BCUT2D eigenvalue weighted by Crippen LogP contribution is -2.42. The molecule has 0 spiro atoms. The molecule has 1 aromatic heterocycles. The fraction of sp³-hybridized carbons (Fsp3) is 0.318. The van der Waals surface area contributed by atoms with E-state index in [4.69, 9.17) is 4.42 Å². The van der Waals surface area contributed by atoms with Gasteiger partial charge >= 0.3 is 5.97 Å². The summed E-state index contributed by atoms with van der Waals surface area (Å²) in [5, 5.41) is 9.53. The number of carbonyl (C=O) groups excluding carboxylic acids is 1. The maximum absolute atomic E-state index is 13.2. The van der Waals surface area contributed by atoms with Gasteiger partial charge in [-0.05, 0) is 36.6 Å². The predicted molar refractivity (Wildman–Crippen MR) is 108 cm³/mol. The summed E-state index contributed by atoms with van der Waals surface area (Å²) >= 11 is 0. The van der Waals surface area contributed by atoms with Crippen LogP contribution in [0.15, 0.2) is 52.9 Å². The van der Waals surface area contributed by atoms with Crippen molar-refractivity contribution in [3.8, 4) is 0 Å². The van der Waals surface area contributed by atoms with E-state index in [2.05, 4.69) is 9.88 Å². The molecule has 1 N–H and O–H groups in total. The summed E-state index contributed by atoms with van der Waals surface area (Å²) in [5.41, 5.74) is 3.03. The van der Waals surface area contributed by atoms with Gasteiger partial charge in [-0.3, -0.25) is 9.59 Å². The van der Waals surface area contributed by atoms with Crippen molar-refractivity contribution in [1.29, 1.82) is 0 Å². The summed E-state index contributed by atoms with van der Waals surface area (Å²) in [6, 6.07) is 15.6. The molecular formula is C22H21N3O4. The second-order valence-electron chi connectivity index (χ2n) is 7.62. The van der Waals surface area contributed by atoms with Crippen molar-refractivity contribution in [2.24, 2.45) is 5.92 Å². The van der Waals surface area contributed by atoms with Gasteiger partial charge in [0.05, 0.1) is 0 Å². The first-order valence-corrected chi connectivity index (χ1v) is 9.85. The molecule has 3 heterocycles. The van der Waals surface area contributed by atoms with Crippen LogP contribution in [0.1, 0.15) is 24.3 Å². The number of anilines is 2. The van der Waals surface area contributed by atoms with Crippen LogP contribution in [0.3, 0.4) is 0 Å². The molecule has 148 valence electrons. The summed E-state index contributed by atoms with van der Waals surface area (Å²) in [5.74, 6) is -1.66. The van der Waals surface area contributed by atoms with E-state index < -0.39 is 11.9 Å². The standard InChI is InChI=1S/C22H21N3O4/c26-20(25-13-16(21(27)28)15-5-1-3-7-18(15)25)14-9-11-24(12-10-14)22-23-17-6-2-4-8-19(17)29-22/h1-8,14,16H,9-13H2,(H,27,28). The van der Waals surface area contributed by atoms with Crippen LogP contribution in [0.2, 0.25) is 0 Å². The van der Waals surface area contributed by atoms with Gasteiger partial charge in [-0.2, -0.15) is 4.98 Å². The molecule has 1 fully saturated rings. The lowest BCUT2D eigenvalue weighted by molar-refractivity contribution is -0.138. The van der Waals surface area contributed by atoms with Crippen LogP contribution in [-0.2, 0) is 9.59 Å². The number of para-hydroxylation sites is 3. The SMILES string of the molecule is O=C(O)C1CN(C(=O)C2CCN(c3nc4ccccc4o3)CC2)c2ccccc21. The van der Waals surface area contributed by atoms with Crippen LogP contribution in [0, 0.1) is 5.92 Å². The maximum atomic E-state index is 13.2. The Bertz CT molecular complexity index is 1050. The van der Waals surface area contributed by atoms with Crippen molar-refractivity contribution in [2.45, 2.75) is 18.8 Å². The zero-order valence-electron chi connectivity index (χ0n) is 15.8. The zero-order valence-corrected chi connectivity index (χ0v) is 15.8. The number of aliphatic carboxylic acids is 1. The smallest absolute Gasteiger partial charge is 0.312 e. The molecule has 1 atom stereocenters. The topological polar surface area (TPSA) is 86.9 Å². The molecule has 2 aromatic carbocycles. The van der Waals surface area contributed by atoms with Crippen LogP contribution >= 0.6 is 0 Å². The molecular weight excluding hydrogens is 370 g/mol. The van der Waals surface area contributed by atoms with E-state index in [-0.39, 0.29) is 18.4 Å². The average molecular weight is 391 g/mol. The number of hydrogen-bond acceptors (Lipinski definition) is 5. The molecule has 1 saturated heterocycles. The van der Waals surface area contributed by atoms with E-state index >= 15 is 0 Å². The first-order chi connectivity index (χ1) is 14.1. The number of benzene rings is 2. The van der Waals surface area contributed by atoms with Gasteiger partial charge in [-0.15, -0.1) is 0 Å². The third kappa shape index (κ3) is 3.03. The average Bonchev–Trinajstić information content (AvgIpc) is 3.35. The Hall–Kier alpha value is -3.35. The minimum Gasteiger partial charge on any atom is -0.481 e. The molecule has 0 saturated carbocycles. The third-order valence-corrected chi connectivity index (χ3v) is 5.93. The Labute approximate surface area is 167 Å². The molecule has 7 heteroatoms. The number of amides is 1. The van der Waals surface area contributed by atoms with Crippen molar-refractivity contribution < 1.29 is 19.1 Å². The Balaban J connectivity index is 1.30. The maximum Gasteiger partial charge on any atom is 0.312 e. The number of hydrogen-bond donors (Lipinski definition) is 1. The summed E-state index contributed by atoms with van der Waals surface area (Å²) in [6.45, 7) is 1.57. The van der Waals surface area contributed by atoms with E-state index in [1.807, 2.05) is 42.5 Å². The number of nitrogens with zero attached hydrogens (tertiary/aromatic N) is 3. The Morgan fingerprint density at radius 3 is 2.52 bits per heavy atom. The molecule has 0 radical (unpaired) electrons. The number of carboxylic acids is 1. The minimum absolute atomic E-state index is 0.0124. The van der Waals surface area contributed by atoms with Crippen LogP contribution < -0.4 is 9.80 Å². The quantitative estimate of drug-likeness (QED) is 0.737. The van der Waals surface area contributed by atoms with Crippen LogP contribution in [0.25, 0.3) is 11.1 Å². The van der Waals surface area contributed by atoms with Crippen LogP contribution in [-0.4, -0.2) is 41.6 Å². The third-order valence-electron chi connectivity index (χ3n) is 5.93. The number of carboxylic acid groups (broad SMARTS) is 1. The fourth-order valence-electron chi connectivity index (χ4n) is 4.36. The van der Waals surface area contributed by atoms with Crippen molar-refractivity contribution in [1.82, 2.24) is 4.98 Å². The number of oxazole rings is 1. The number of piperidine rings is 1. The summed E-state index contributed by atoms with van der Waals surface area (Å²) < 4.78 is 5.84. The van der Waals surface area contributed by atoms with Crippen LogP contribution in [0.4, 0.5) is 11.7 Å². The van der Waals surface area contributed by atoms with Crippen LogP contribution in [0.5, 0.6) is 0 Å². The lowest BCUT2D eigenvalue weighted by atomic mass is 9.95. The number of aromatic nitrogens is 1. The Morgan fingerprint density at radius 2 is 1.76 bits per heavy atom. The zero-order chi connectivity index (χ0) is 20.0. The number of rotatable bonds is 3. The van der Waals surface area contributed by atoms with Gasteiger partial charge in [0.15, 0.2) is 5.58 Å². The van der Waals surface area contributed by atoms with Gasteiger partial charge in [0.1, 0.15) is 11.4 Å². The first-order valence-electron chi connectivity index (χ1n) is 9.85. The molecule has 3 aromatic rings. The predicted octanol–water partition coefficient (Wildman–Crippen LogP) is 3.26. The van der Waals surface area contributed by atoms with E-state index in [1.54, 1.807) is 11.0 Å². The molecule has 1 amide bonds. The van der Waals surface area contributed by atoms with Gasteiger partial charge in [-0.25, -0.2) is 0 Å². The van der Waals surface area contributed by atoms with E-state index in [1.165, 1.54) is 0 Å². The summed E-state index contributed by atoms with van der Waals surface area (Å²) in [7, 11) is 0. The largest absolute Gasteiger partial charge is 0.481 e. The normalized spacial score (nSPS) is 19.5. The second-order valence-corrected chi connectivity index (χ2v) is 7.62. The highest BCUT2D eigenvalue weighted by Gasteiger charge is 2.39. The van der Waals surface area contributed by atoms with Crippen molar-refractivity contribution in [3.05, 3.63) is 54.1 Å². The molecule has 29 heavy (non-hydrogen) atoms. The molecule has 0 bridgehead atoms. The number of carbonyl (C=O) groups is 2. The van der Waals surface area contributed by atoms with Crippen molar-refractivity contribution in [2.75, 3.05) is 29.4 Å². The van der Waals surface area contributed by atoms with E-state index in [0.717, 1.165) is 22.4 Å². The summed E-state index contributed by atoms with van der Waals surface area (Å²) in [4.78, 5) is 33.1. The summed E-state index contributed by atoms with van der Waals surface area (Å²) in [6.07, 6.45) is 1.38. The minimum atomic E-state index is -0.890. The van der Waals surface area contributed by atoms with E-state index in [9.17, 15) is 14.7 Å². The highest BCUT2D eigenvalue weighted by Crippen LogP contribution is 2.38. The molecule has 7 nitrogen and oxygen atoms in total. The first kappa shape index (κ1) is 17.7. The van der Waals surface area contributed by atoms with Gasteiger partial charge in [0.2, 0.25) is 5.91 Å². The molecule has 2 aliphatic rings. The highest BCUT2D eigenvalue weighted by molar-refractivity contribution is 6.00.